The van der Waals surface area contributed by atoms with Crippen molar-refractivity contribution < 1.29 is 10.2 Å². The van der Waals surface area contributed by atoms with Crippen molar-refractivity contribution in [2.45, 2.75) is 5.92 Å². The van der Waals surface area contributed by atoms with Gasteiger partial charge in [0.1, 0.15) is 5.75 Å². The van der Waals surface area contributed by atoms with Gasteiger partial charge in [-0.1, -0.05) is 12.1 Å². The van der Waals surface area contributed by atoms with E-state index in [1.807, 2.05) is 6.07 Å². The van der Waals surface area contributed by atoms with Crippen LogP contribution in [0, 0.1) is 0 Å². The number of aromatic hydroxyl groups is 1. The summed E-state index contributed by atoms with van der Waals surface area (Å²) in [7, 11) is 0. The van der Waals surface area contributed by atoms with E-state index in [2.05, 4.69) is 0 Å². The smallest absolute Gasteiger partial charge is 0.115 e. The van der Waals surface area contributed by atoms with Crippen LogP contribution in [0.1, 0.15) is 11.5 Å². The SMILES string of the molecule is Cl.NC[C@H](CO)c1cccc(O)c1. The zero-order valence-corrected chi connectivity index (χ0v) is 8.00. The van der Waals surface area contributed by atoms with E-state index in [0.717, 1.165) is 5.56 Å². The molecular weight excluding hydrogens is 190 g/mol. The zero-order chi connectivity index (χ0) is 8.97. The van der Waals surface area contributed by atoms with Crippen LogP contribution in [-0.4, -0.2) is 23.4 Å². The number of rotatable bonds is 3. The van der Waals surface area contributed by atoms with Crippen molar-refractivity contribution in [3.8, 4) is 5.75 Å². The maximum absolute atomic E-state index is 9.13. The van der Waals surface area contributed by atoms with Crippen LogP contribution < -0.4 is 5.73 Å². The lowest BCUT2D eigenvalue weighted by molar-refractivity contribution is 0.267. The predicted octanol–water partition coefficient (Wildman–Crippen LogP) is 0.849. The summed E-state index contributed by atoms with van der Waals surface area (Å²) in [6.07, 6.45) is 0. The molecule has 0 saturated carbocycles. The molecule has 1 rings (SSSR count). The molecule has 74 valence electrons. The average molecular weight is 204 g/mol. The van der Waals surface area contributed by atoms with Crippen molar-refractivity contribution in [2.75, 3.05) is 13.2 Å². The van der Waals surface area contributed by atoms with Gasteiger partial charge in [-0.3, -0.25) is 0 Å². The van der Waals surface area contributed by atoms with Gasteiger partial charge in [0.25, 0.3) is 0 Å². The van der Waals surface area contributed by atoms with Gasteiger partial charge in [-0.05, 0) is 17.7 Å². The first-order valence-electron chi connectivity index (χ1n) is 3.87. The molecule has 0 radical (unpaired) electrons. The Hall–Kier alpha value is -0.770. The Morgan fingerprint density at radius 2 is 2.08 bits per heavy atom. The fraction of sp³-hybridized carbons (Fsp3) is 0.333. The molecule has 0 amide bonds. The summed E-state index contributed by atoms with van der Waals surface area (Å²) in [5.74, 6) is 0.136. The first-order chi connectivity index (χ1) is 5.77. The average Bonchev–Trinajstić information content (AvgIpc) is 2.07. The second-order valence-corrected chi connectivity index (χ2v) is 2.71. The lowest BCUT2D eigenvalue weighted by atomic mass is 10.0. The Bertz CT molecular complexity index is 251. The van der Waals surface area contributed by atoms with E-state index < -0.39 is 0 Å². The van der Waals surface area contributed by atoms with Crippen LogP contribution in [0.3, 0.4) is 0 Å². The Morgan fingerprint density at radius 1 is 1.38 bits per heavy atom. The predicted molar refractivity (Wildman–Crippen MR) is 54.2 cm³/mol. The summed E-state index contributed by atoms with van der Waals surface area (Å²) in [5, 5.41) is 18.0. The highest BCUT2D eigenvalue weighted by Crippen LogP contribution is 2.18. The molecule has 0 fully saturated rings. The third-order valence-electron chi connectivity index (χ3n) is 1.85. The first kappa shape index (κ1) is 12.2. The number of halogens is 1. The van der Waals surface area contributed by atoms with Crippen LogP contribution in [0.5, 0.6) is 5.75 Å². The van der Waals surface area contributed by atoms with Gasteiger partial charge in [0.2, 0.25) is 0 Å². The molecule has 4 heteroatoms. The molecule has 0 spiro atoms. The molecular formula is C9H14ClNO2. The van der Waals surface area contributed by atoms with Gasteiger partial charge in [0.15, 0.2) is 0 Å². The van der Waals surface area contributed by atoms with Crippen LogP contribution in [-0.2, 0) is 0 Å². The van der Waals surface area contributed by atoms with Crippen molar-refractivity contribution >= 4 is 12.4 Å². The number of hydrogen-bond donors (Lipinski definition) is 3. The van der Waals surface area contributed by atoms with Crippen molar-refractivity contribution in [2.24, 2.45) is 5.73 Å². The zero-order valence-electron chi connectivity index (χ0n) is 7.18. The molecule has 4 N–H and O–H groups in total. The second kappa shape index (κ2) is 5.80. The van der Waals surface area contributed by atoms with Gasteiger partial charge in [-0.15, -0.1) is 12.4 Å². The Kier molecular flexibility index (Phi) is 5.46. The van der Waals surface area contributed by atoms with E-state index in [0.29, 0.717) is 6.54 Å². The molecule has 0 aliphatic heterocycles. The molecule has 1 aromatic rings. The van der Waals surface area contributed by atoms with Crippen molar-refractivity contribution in [1.82, 2.24) is 0 Å². The molecule has 0 unspecified atom stereocenters. The highest BCUT2D eigenvalue weighted by Gasteiger charge is 2.07. The van der Waals surface area contributed by atoms with Crippen LogP contribution in [0.2, 0.25) is 0 Å². The number of nitrogens with two attached hydrogens (primary N) is 1. The monoisotopic (exact) mass is 203 g/mol. The molecule has 0 aliphatic rings. The third kappa shape index (κ3) is 3.22. The van der Waals surface area contributed by atoms with Crippen LogP contribution in [0.4, 0.5) is 0 Å². The maximum atomic E-state index is 9.13. The molecule has 1 aromatic carbocycles. The second-order valence-electron chi connectivity index (χ2n) is 2.71. The number of phenols is 1. The van der Waals surface area contributed by atoms with E-state index in [-0.39, 0.29) is 30.7 Å². The minimum Gasteiger partial charge on any atom is -0.508 e. The third-order valence-corrected chi connectivity index (χ3v) is 1.85. The largest absolute Gasteiger partial charge is 0.508 e. The van der Waals surface area contributed by atoms with Crippen molar-refractivity contribution in [1.29, 1.82) is 0 Å². The van der Waals surface area contributed by atoms with E-state index >= 15 is 0 Å². The lowest BCUT2D eigenvalue weighted by Gasteiger charge is -2.11. The normalized spacial score (nSPS) is 11.8. The highest BCUT2D eigenvalue weighted by molar-refractivity contribution is 5.85. The van der Waals surface area contributed by atoms with E-state index in [1.54, 1.807) is 18.2 Å². The molecule has 0 bridgehead atoms. The number of aliphatic hydroxyl groups excluding tert-OH is 1. The van der Waals surface area contributed by atoms with E-state index in [9.17, 15) is 0 Å². The maximum Gasteiger partial charge on any atom is 0.115 e. The van der Waals surface area contributed by atoms with Gasteiger partial charge in [0, 0.05) is 12.5 Å². The highest BCUT2D eigenvalue weighted by atomic mass is 35.5. The molecule has 1 atom stereocenters. The van der Waals surface area contributed by atoms with Gasteiger partial charge in [-0.2, -0.15) is 0 Å². The fourth-order valence-electron chi connectivity index (χ4n) is 1.09. The molecule has 0 saturated heterocycles. The van der Waals surface area contributed by atoms with Gasteiger partial charge in [-0.25, -0.2) is 0 Å². The summed E-state index contributed by atoms with van der Waals surface area (Å²) < 4.78 is 0. The van der Waals surface area contributed by atoms with Gasteiger partial charge < -0.3 is 15.9 Å². The Morgan fingerprint density at radius 3 is 2.54 bits per heavy atom. The number of aliphatic hydroxyl groups is 1. The van der Waals surface area contributed by atoms with E-state index in [1.165, 1.54) is 0 Å². The quantitative estimate of drug-likeness (QED) is 0.683. The Balaban J connectivity index is 0.00000144. The topological polar surface area (TPSA) is 66.5 Å². The number of hydrogen-bond acceptors (Lipinski definition) is 3. The summed E-state index contributed by atoms with van der Waals surface area (Å²) in [5.41, 5.74) is 6.30. The first-order valence-corrected chi connectivity index (χ1v) is 3.87. The van der Waals surface area contributed by atoms with Crippen LogP contribution in [0.25, 0.3) is 0 Å². The van der Waals surface area contributed by atoms with E-state index in [4.69, 9.17) is 15.9 Å². The summed E-state index contributed by atoms with van der Waals surface area (Å²) >= 11 is 0. The minimum absolute atomic E-state index is 0. The summed E-state index contributed by atoms with van der Waals surface area (Å²) in [6.45, 7) is 0.403. The summed E-state index contributed by atoms with van der Waals surface area (Å²) in [6, 6.07) is 6.79. The standard InChI is InChI=1S/C9H13NO2.ClH/c10-5-8(6-11)7-2-1-3-9(12)4-7;/h1-4,8,11-12H,5-6,10H2;1H/t8-;/m1./s1. The van der Waals surface area contributed by atoms with Crippen molar-refractivity contribution in [3.63, 3.8) is 0 Å². The summed E-state index contributed by atoms with van der Waals surface area (Å²) in [4.78, 5) is 0. The number of phenolic OH excluding ortho intramolecular Hbond substituents is 1. The van der Waals surface area contributed by atoms with Crippen LogP contribution >= 0.6 is 12.4 Å². The van der Waals surface area contributed by atoms with Gasteiger partial charge >= 0.3 is 0 Å². The van der Waals surface area contributed by atoms with Gasteiger partial charge in [0.05, 0.1) is 6.61 Å². The number of benzene rings is 1. The van der Waals surface area contributed by atoms with Crippen molar-refractivity contribution in [3.05, 3.63) is 29.8 Å². The fourth-order valence-corrected chi connectivity index (χ4v) is 1.09. The molecule has 0 heterocycles. The molecule has 0 aromatic heterocycles. The molecule has 3 nitrogen and oxygen atoms in total. The molecule has 0 aliphatic carbocycles. The Labute approximate surface area is 83.6 Å². The molecule has 13 heavy (non-hydrogen) atoms. The lowest BCUT2D eigenvalue weighted by Crippen LogP contribution is -2.15. The minimum atomic E-state index is -0.0721. The van der Waals surface area contributed by atoms with Crippen LogP contribution in [0.15, 0.2) is 24.3 Å².